The molecule has 2 heterocycles. The van der Waals surface area contributed by atoms with Crippen LogP contribution in [-0.4, -0.2) is 27.1 Å². The second-order valence-electron chi connectivity index (χ2n) is 3.64. The number of hydrogen-bond acceptors (Lipinski definition) is 4. The van der Waals surface area contributed by atoms with Gasteiger partial charge in [0.15, 0.2) is 6.29 Å². The van der Waals surface area contributed by atoms with Crippen molar-refractivity contribution in [2.75, 3.05) is 5.32 Å². The number of aldehydes is 1. The topological polar surface area (TPSA) is 103 Å². The number of hydrogen-bond donors (Lipinski definition) is 2. The van der Waals surface area contributed by atoms with Crippen molar-refractivity contribution in [2.24, 2.45) is 12.8 Å². The third-order valence-corrected chi connectivity index (χ3v) is 2.30. The van der Waals surface area contributed by atoms with Crippen LogP contribution in [0.1, 0.15) is 10.5 Å². The highest BCUT2D eigenvalue weighted by atomic mass is 16.2. The first kappa shape index (κ1) is 11.8. The average molecular weight is 245 g/mol. The van der Waals surface area contributed by atoms with E-state index >= 15 is 0 Å². The minimum Gasteiger partial charge on any atom is -0.351 e. The SMILES string of the molecule is Cn1cc(-c2ccc(NC(N)=O)nc2C=O)cn1. The van der Waals surface area contributed by atoms with E-state index in [0.717, 1.165) is 5.56 Å². The van der Waals surface area contributed by atoms with E-state index in [2.05, 4.69) is 15.4 Å². The highest BCUT2D eigenvalue weighted by Gasteiger charge is 2.09. The molecule has 2 aromatic heterocycles. The molecular weight excluding hydrogens is 234 g/mol. The Morgan fingerprint density at radius 3 is 2.83 bits per heavy atom. The molecule has 0 aliphatic carbocycles. The molecule has 7 heteroatoms. The third-order valence-electron chi connectivity index (χ3n) is 2.30. The van der Waals surface area contributed by atoms with Crippen molar-refractivity contribution in [1.29, 1.82) is 0 Å². The van der Waals surface area contributed by atoms with E-state index in [-0.39, 0.29) is 11.5 Å². The van der Waals surface area contributed by atoms with Gasteiger partial charge in [0, 0.05) is 24.4 Å². The molecule has 2 amide bonds. The Morgan fingerprint density at radius 2 is 2.28 bits per heavy atom. The molecule has 0 radical (unpaired) electrons. The molecule has 2 aromatic rings. The van der Waals surface area contributed by atoms with E-state index in [9.17, 15) is 9.59 Å². The Hall–Kier alpha value is -2.70. The van der Waals surface area contributed by atoms with Crippen molar-refractivity contribution < 1.29 is 9.59 Å². The molecular formula is C11H11N5O2. The Morgan fingerprint density at radius 1 is 1.50 bits per heavy atom. The van der Waals surface area contributed by atoms with Gasteiger partial charge < -0.3 is 5.73 Å². The molecule has 0 aliphatic rings. The number of nitrogens with two attached hydrogens (primary N) is 1. The number of carbonyl (C=O) groups excluding carboxylic acids is 2. The maximum Gasteiger partial charge on any atom is 0.317 e. The molecule has 18 heavy (non-hydrogen) atoms. The summed E-state index contributed by atoms with van der Waals surface area (Å²) in [5.41, 5.74) is 6.62. The number of rotatable bonds is 3. The van der Waals surface area contributed by atoms with Crippen LogP contribution in [0.15, 0.2) is 24.5 Å². The quantitative estimate of drug-likeness (QED) is 0.780. The lowest BCUT2D eigenvalue weighted by molar-refractivity contribution is 0.111. The van der Waals surface area contributed by atoms with Crippen molar-refractivity contribution in [2.45, 2.75) is 0 Å². The summed E-state index contributed by atoms with van der Waals surface area (Å²) in [6, 6.07) is 2.52. The number of primary amides is 1. The lowest BCUT2D eigenvalue weighted by atomic mass is 10.1. The molecule has 0 saturated heterocycles. The molecule has 0 aliphatic heterocycles. The number of nitrogens with one attached hydrogen (secondary N) is 1. The van der Waals surface area contributed by atoms with Crippen LogP contribution in [0.4, 0.5) is 10.6 Å². The van der Waals surface area contributed by atoms with Crippen molar-refractivity contribution in [3.8, 4) is 11.1 Å². The maximum absolute atomic E-state index is 11.0. The van der Waals surface area contributed by atoms with Crippen LogP contribution in [0.5, 0.6) is 0 Å². The fraction of sp³-hybridized carbons (Fsp3) is 0.0909. The van der Waals surface area contributed by atoms with Gasteiger partial charge >= 0.3 is 6.03 Å². The molecule has 3 N–H and O–H groups in total. The van der Waals surface area contributed by atoms with E-state index in [4.69, 9.17) is 5.73 Å². The van der Waals surface area contributed by atoms with Gasteiger partial charge in [0.1, 0.15) is 11.5 Å². The van der Waals surface area contributed by atoms with Crippen LogP contribution in [0.25, 0.3) is 11.1 Å². The lowest BCUT2D eigenvalue weighted by Crippen LogP contribution is -2.20. The Bertz CT molecular complexity index is 605. The zero-order valence-electron chi connectivity index (χ0n) is 9.62. The monoisotopic (exact) mass is 245 g/mol. The van der Waals surface area contributed by atoms with Crippen LogP contribution in [-0.2, 0) is 7.05 Å². The first-order valence-corrected chi connectivity index (χ1v) is 5.12. The number of pyridine rings is 1. The van der Waals surface area contributed by atoms with Crippen LogP contribution in [0, 0.1) is 0 Å². The molecule has 0 bridgehead atoms. The molecule has 0 atom stereocenters. The van der Waals surface area contributed by atoms with Gasteiger partial charge in [-0.1, -0.05) is 0 Å². The molecule has 7 nitrogen and oxygen atoms in total. The van der Waals surface area contributed by atoms with Crippen molar-refractivity contribution in [3.05, 3.63) is 30.2 Å². The molecule has 0 aromatic carbocycles. The number of aryl methyl sites for hydroxylation is 1. The Kier molecular flexibility index (Phi) is 3.05. The van der Waals surface area contributed by atoms with E-state index < -0.39 is 6.03 Å². The average Bonchev–Trinajstić information content (AvgIpc) is 2.74. The van der Waals surface area contributed by atoms with E-state index in [1.807, 2.05) is 0 Å². The second-order valence-corrected chi connectivity index (χ2v) is 3.64. The van der Waals surface area contributed by atoms with Crippen molar-refractivity contribution in [3.63, 3.8) is 0 Å². The van der Waals surface area contributed by atoms with Crippen molar-refractivity contribution >= 4 is 18.1 Å². The number of amides is 2. The Balaban J connectivity index is 2.43. The largest absolute Gasteiger partial charge is 0.351 e. The van der Waals surface area contributed by atoms with Gasteiger partial charge in [0.05, 0.1) is 6.20 Å². The molecule has 0 spiro atoms. The summed E-state index contributed by atoms with van der Waals surface area (Å²) in [5.74, 6) is 0.234. The molecule has 0 unspecified atom stereocenters. The summed E-state index contributed by atoms with van der Waals surface area (Å²) in [6.07, 6.45) is 4.02. The van der Waals surface area contributed by atoms with Gasteiger partial charge in [-0.2, -0.15) is 5.10 Å². The minimum atomic E-state index is -0.728. The standard InChI is InChI=1S/C11H11N5O2/c1-16-5-7(4-13-16)8-2-3-10(15-11(12)18)14-9(8)6-17/h2-6H,1H3,(H3,12,14,15,18). The summed E-state index contributed by atoms with van der Waals surface area (Å²) in [7, 11) is 1.78. The summed E-state index contributed by atoms with van der Waals surface area (Å²) in [5, 5.41) is 6.33. The van der Waals surface area contributed by atoms with Crippen LogP contribution in [0.2, 0.25) is 0 Å². The fourth-order valence-corrected chi connectivity index (χ4v) is 1.57. The van der Waals surface area contributed by atoms with Gasteiger partial charge in [-0.05, 0) is 12.1 Å². The highest BCUT2D eigenvalue weighted by molar-refractivity contribution is 5.89. The molecule has 92 valence electrons. The predicted molar refractivity (Wildman–Crippen MR) is 65.0 cm³/mol. The minimum absolute atomic E-state index is 0.217. The number of carbonyl (C=O) groups is 2. The zero-order valence-corrected chi connectivity index (χ0v) is 9.62. The first-order valence-electron chi connectivity index (χ1n) is 5.12. The highest BCUT2D eigenvalue weighted by Crippen LogP contribution is 2.22. The molecule has 0 saturated carbocycles. The summed E-state index contributed by atoms with van der Waals surface area (Å²) < 4.78 is 1.62. The van der Waals surface area contributed by atoms with E-state index in [0.29, 0.717) is 11.8 Å². The second kappa shape index (κ2) is 4.66. The third kappa shape index (κ3) is 2.34. The zero-order chi connectivity index (χ0) is 13.1. The smallest absolute Gasteiger partial charge is 0.317 e. The van der Waals surface area contributed by atoms with Crippen molar-refractivity contribution in [1.82, 2.24) is 14.8 Å². The van der Waals surface area contributed by atoms with E-state index in [1.165, 1.54) is 0 Å². The van der Waals surface area contributed by atoms with E-state index in [1.54, 1.807) is 36.3 Å². The summed E-state index contributed by atoms with van der Waals surface area (Å²) in [4.78, 5) is 25.7. The number of urea groups is 1. The van der Waals surface area contributed by atoms with Crippen LogP contribution in [0.3, 0.4) is 0 Å². The summed E-state index contributed by atoms with van der Waals surface area (Å²) >= 11 is 0. The normalized spacial score (nSPS) is 10.1. The maximum atomic E-state index is 11.0. The van der Waals surface area contributed by atoms with Crippen LogP contribution < -0.4 is 11.1 Å². The predicted octanol–water partition coefficient (Wildman–Crippen LogP) is 0.785. The van der Waals surface area contributed by atoms with Gasteiger partial charge in [-0.15, -0.1) is 0 Å². The number of aromatic nitrogens is 3. The van der Waals surface area contributed by atoms with Gasteiger partial charge in [0.25, 0.3) is 0 Å². The Labute approximate surface area is 103 Å². The van der Waals surface area contributed by atoms with Crippen LogP contribution >= 0.6 is 0 Å². The van der Waals surface area contributed by atoms with Gasteiger partial charge in [-0.3, -0.25) is 14.8 Å². The fourth-order valence-electron chi connectivity index (χ4n) is 1.57. The number of anilines is 1. The number of nitrogens with zero attached hydrogens (tertiary/aromatic N) is 3. The molecule has 0 fully saturated rings. The molecule has 2 rings (SSSR count). The summed E-state index contributed by atoms with van der Waals surface area (Å²) in [6.45, 7) is 0. The van der Waals surface area contributed by atoms with Gasteiger partial charge in [0.2, 0.25) is 0 Å². The van der Waals surface area contributed by atoms with Gasteiger partial charge in [-0.25, -0.2) is 9.78 Å². The lowest BCUT2D eigenvalue weighted by Gasteiger charge is -2.05. The first-order chi connectivity index (χ1) is 8.60.